The van der Waals surface area contributed by atoms with Crippen molar-refractivity contribution in [2.24, 2.45) is 0 Å². The van der Waals surface area contributed by atoms with Crippen LogP contribution in [0, 0.1) is 0 Å². The molecule has 2 N–H and O–H groups in total. The molecule has 1 unspecified atom stereocenters. The van der Waals surface area contributed by atoms with Crippen LogP contribution in [0.25, 0.3) is 11.0 Å². The molecule has 0 spiro atoms. The number of benzene rings is 1. The molecule has 1 atom stereocenters. The number of hydrogen-bond donors (Lipinski definition) is 2. The molecule has 4 rings (SSSR count). The molecule has 1 saturated heterocycles. The minimum atomic E-state index is -5.07. The summed E-state index contributed by atoms with van der Waals surface area (Å²) in [5, 5.41) is 4.09. The molecule has 2 aromatic rings. The molecular formula is C17H18F3N5O3. The molecule has 0 bridgehead atoms. The number of anilines is 1. The molecule has 3 heterocycles. The van der Waals surface area contributed by atoms with Gasteiger partial charge < -0.3 is 10.1 Å². The molecule has 0 saturated carbocycles. The monoisotopic (exact) mass is 397 g/mol. The Kier molecular flexibility index (Phi) is 4.50. The first-order valence-electron chi connectivity index (χ1n) is 8.80. The van der Waals surface area contributed by atoms with Gasteiger partial charge in [-0.05, 0) is 12.1 Å². The van der Waals surface area contributed by atoms with Crippen LogP contribution in [0.2, 0.25) is 0 Å². The average molecular weight is 397 g/mol. The number of aromatic nitrogens is 2. The van der Waals surface area contributed by atoms with E-state index in [0.29, 0.717) is 26.3 Å². The van der Waals surface area contributed by atoms with Gasteiger partial charge >= 0.3 is 6.18 Å². The van der Waals surface area contributed by atoms with Gasteiger partial charge in [0.05, 0.1) is 24.2 Å². The average Bonchev–Trinajstić information content (AvgIpc) is 3.15. The smallest absolute Gasteiger partial charge is 0.379 e. The number of morpholine rings is 1. The van der Waals surface area contributed by atoms with Crippen molar-refractivity contribution >= 4 is 28.8 Å². The van der Waals surface area contributed by atoms with Crippen LogP contribution >= 0.6 is 0 Å². The Hall–Kier alpha value is -2.66. The minimum absolute atomic E-state index is 0.0988. The summed E-state index contributed by atoms with van der Waals surface area (Å²) in [7, 11) is 0. The zero-order chi connectivity index (χ0) is 19.9. The molecule has 1 fully saturated rings. The summed E-state index contributed by atoms with van der Waals surface area (Å²) in [6.07, 6.45) is -5.24. The number of nitrogens with one attached hydrogen (secondary N) is 2. The molecule has 8 nitrogen and oxygen atoms in total. The molecule has 28 heavy (non-hydrogen) atoms. The van der Waals surface area contributed by atoms with Gasteiger partial charge in [0.1, 0.15) is 0 Å². The molecule has 1 aromatic heterocycles. The molecular weight excluding hydrogens is 379 g/mol. The lowest BCUT2D eigenvalue weighted by molar-refractivity contribution is -0.217. The number of para-hydroxylation sites is 2. The number of alkyl halides is 3. The number of carbonyl (C=O) groups is 2. The number of halogens is 3. The second-order valence-electron chi connectivity index (χ2n) is 6.67. The van der Waals surface area contributed by atoms with Gasteiger partial charge in [-0.25, -0.2) is 4.98 Å². The van der Waals surface area contributed by atoms with Crippen molar-refractivity contribution in [1.29, 1.82) is 0 Å². The second-order valence-corrected chi connectivity index (χ2v) is 6.67. The quantitative estimate of drug-likeness (QED) is 0.805. The van der Waals surface area contributed by atoms with E-state index >= 15 is 0 Å². The number of rotatable bonds is 4. The highest BCUT2D eigenvalue weighted by molar-refractivity contribution is 6.05. The Balaban J connectivity index is 1.65. The van der Waals surface area contributed by atoms with E-state index in [1.807, 2.05) is 10.2 Å². The van der Waals surface area contributed by atoms with Crippen LogP contribution in [0.1, 0.15) is 6.42 Å². The molecule has 2 aliphatic heterocycles. The van der Waals surface area contributed by atoms with Crippen molar-refractivity contribution in [3.8, 4) is 0 Å². The molecule has 0 aliphatic carbocycles. The normalized spacial score (nSPS) is 22.9. The van der Waals surface area contributed by atoms with Crippen molar-refractivity contribution in [1.82, 2.24) is 19.8 Å². The third kappa shape index (κ3) is 2.90. The summed E-state index contributed by atoms with van der Waals surface area (Å²) >= 11 is 0. The Labute approximate surface area is 157 Å². The van der Waals surface area contributed by atoms with E-state index in [2.05, 4.69) is 10.3 Å². The maximum atomic E-state index is 14.2. The van der Waals surface area contributed by atoms with Crippen molar-refractivity contribution in [3.63, 3.8) is 0 Å². The SMILES string of the molecule is O=C(CCN1CCOCC1)NC1(C(F)(F)F)C(=O)Nc2nc3ccccc3n21. The van der Waals surface area contributed by atoms with Crippen LogP contribution in [-0.2, 0) is 20.0 Å². The van der Waals surface area contributed by atoms with Crippen molar-refractivity contribution < 1.29 is 27.5 Å². The molecule has 150 valence electrons. The van der Waals surface area contributed by atoms with Crippen LogP contribution < -0.4 is 10.6 Å². The molecule has 1 aromatic carbocycles. The third-order valence-electron chi connectivity index (χ3n) is 4.94. The lowest BCUT2D eigenvalue weighted by Crippen LogP contribution is -2.63. The lowest BCUT2D eigenvalue weighted by atomic mass is 10.1. The zero-order valence-electron chi connectivity index (χ0n) is 14.8. The van der Waals surface area contributed by atoms with Crippen molar-refractivity contribution in [2.45, 2.75) is 18.3 Å². The van der Waals surface area contributed by atoms with Crippen LogP contribution in [-0.4, -0.2) is 65.3 Å². The number of nitrogens with zero attached hydrogens (tertiary/aromatic N) is 3. The summed E-state index contributed by atoms with van der Waals surface area (Å²) < 4.78 is 48.4. The van der Waals surface area contributed by atoms with Crippen LogP contribution in [0.5, 0.6) is 0 Å². The largest absolute Gasteiger partial charge is 0.440 e. The van der Waals surface area contributed by atoms with E-state index in [9.17, 15) is 22.8 Å². The maximum Gasteiger partial charge on any atom is 0.440 e. The highest BCUT2D eigenvalue weighted by Crippen LogP contribution is 2.43. The van der Waals surface area contributed by atoms with Crippen molar-refractivity contribution in [2.75, 3.05) is 38.2 Å². The fourth-order valence-corrected chi connectivity index (χ4v) is 3.53. The summed E-state index contributed by atoms with van der Waals surface area (Å²) in [5.41, 5.74) is -2.85. The first-order valence-corrected chi connectivity index (χ1v) is 8.80. The van der Waals surface area contributed by atoms with Crippen molar-refractivity contribution in [3.05, 3.63) is 24.3 Å². The number of amides is 2. The number of fused-ring (bicyclic) bond motifs is 3. The van der Waals surface area contributed by atoms with Gasteiger partial charge in [-0.15, -0.1) is 0 Å². The minimum Gasteiger partial charge on any atom is -0.379 e. The number of imidazole rings is 1. The van der Waals surface area contributed by atoms with E-state index in [1.54, 1.807) is 12.1 Å². The van der Waals surface area contributed by atoms with Gasteiger partial charge in [-0.2, -0.15) is 13.2 Å². The zero-order valence-corrected chi connectivity index (χ0v) is 14.8. The third-order valence-corrected chi connectivity index (χ3v) is 4.94. The second kappa shape index (κ2) is 6.74. The molecule has 0 radical (unpaired) electrons. The summed E-state index contributed by atoms with van der Waals surface area (Å²) in [6.45, 7) is 2.52. The predicted molar refractivity (Wildman–Crippen MR) is 92.4 cm³/mol. The maximum absolute atomic E-state index is 14.2. The number of ether oxygens (including phenoxy) is 1. The Morgan fingerprint density at radius 3 is 2.71 bits per heavy atom. The van der Waals surface area contributed by atoms with E-state index in [0.717, 1.165) is 4.57 Å². The van der Waals surface area contributed by atoms with E-state index in [1.165, 1.54) is 12.1 Å². The molecule has 2 amide bonds. The highest BCUT2D eigenvalue weighted by Gasteiger charge is 2.67. The first kappa shape index (κ1) is 18.7. The first-order chi connectivity index (χ1) is 13.3. The molecule has 2 aliphatic rings. The highest BCUT2D eigenvalue weighted by atomic mass is 19.4. The van der Waals surface area contributed by atoms with Gasteiger partial charge in [-0.1, -0.05) is 12.1 Å². The topological polar surface area (TPSA) is 88.5 Å². The Bertz CT molecular complexity index is 922. The summed E-state index contributed by atoms with van der Waals surface area (Å²) in [5.74, 6) is -2.51. The molecule has 11 heteroatoms. The van der Waals surface area contributed by atoms with Gasteiger partial charge in [0, 0.05) is 26.1 Å². The van der Waals surface area contributed by atoms with Crippen LogP contribution in [0.15, 0.2) is 24.3 Å². The van der Waals surface area contributed by atoms with Crippen LogP contribution in [0.4, 0.5) is 19.1 Å². The lowest BCUT2D eigenvalue weighted by Gasteiger charge is -2.32. The fraction of sp³-hybridized carbons (Fsp3) is 0.471. The Morgan fingerprint density at radius 1 is 1.29 bits per heavy atom. The van der Waals surface area contributed by atoms with E-state index in [4.69, 9.17) is 4.74 Å². The summed E-state index contributed by atoms with van der Waals surface area (Å²) in [6, 6.07) is 6.13. The number of hydrogen-bond acceptors (Lipinski definition) is 5. The van der Waals surface area contributed by atoms with Gasteiger partial charge in [0.15, 0.2) is 0 Å². The summed E-state index contributed by atoms with van der Waals surface area (Å²) in [4.78, 5) is 30.8. The van der Waals surface area contributed by atoms with Gasteiger partial charge in [-0.3, -0.25) is 24.4 Å². The van der Waals surface area contributed by atoms with E-state index in [-0.39, 0.29) is 29.9 Å². The predicted octanol–water partition coefficient (Wildman–Crippen LogP) is 1.04. The van der Waals surface area contributed by atoms with E-state index < -0.39 is 23.7 Å². The van der Waals surface area contributed by atoms with Gasteiger partial charge in [0.2, 0.25) is 11.9 Å². The number of carbonyl (C=O) groups excluding carboxylic acids is 2. The van der Waals surface area contributed by atoms with Crippen LogP contribution in [0.3, 0.4) is 0 Å². The Morgan fingerprint density at radius 2 is 2.00 bits per heavy atom. The fourth-order valence-electron chi connectivity index (χ4n) is 3.53. The van der Waals surface area contributed by atoms with Gasteiger partial charge in [0.25, 0.3) is 11.6 Å². The standard InChI is InChI=1S/C17H18F3N5O3/c18-17(19,20)16(23-13(26)5-6-24-7-9-28-10-8-24)14(27)22-15-21-11-3-1-2-4-12(11)25(15)16/h1-4H,5-10H2,(H,23,26)(H,21,22,27).